The predicted molar refractivity (Wildman–Crippen MR) is 69.4 cm³/mol. The lowest BCUT2D eigenvalue weighted by atomic mass is 10.1. The van der Waals surface area contributed by atoms with Gasteiger partial charge in [-0.25, -0.2) is 0 Å². The molecule has 0 aliphatic carbocycles. The Bertz CT molecular complexity index is 134. The standard InChI is InChI=1S/C13H30N2/c1-6-12(3)14-13(7-2)10-8-9-11-15(4)5/h12-14H,6-11H2,1-5H3. The van der Waals surface area contributed by atoms with Gasteiger partial charge in [-0.05, 0) is 53.2 Å². The van der Waals surface area contributed by atoms with E-state index in [1.807, 2.05) is 0 Å². The molecule has 92 valence electrons. The van der Waals surface area contributed by atoms with Gasteiger partial charge in [0.05, 0.1) is 0 Å². The van der Waals surface area contributed by atoms with Crippen LogP contribution in [0.1, 0.15) is 52.9 Å². The smallest absolute Gasteiger partial charge is 0.00669 e. The average molecular weight is 214 g/mol. The van der Waals surface area contributed by atoms with Crippen LogP contribution in [0.3, 0.4) is 0 Å². The Morgan fingerprint density at radius 1 is 1.07 bits per heavy atom. The van der Waals surface area contributed by atoms with E-state index in [-0.39, 0.29) is 0 Å². The van der Waals surface area contributed by atoms with Crippen molar-refractivity contribution in [1.29, 1.82) is 0 Å². The third-order valence-corrected chi connectivity index (χ3v) is 3.03. The lowest BCUT2D eigenvalue weighted by molar-refractivity contribution is 0.362. The fourth-order valence-corrected chi connectivity index (χ4v) is 1.74. The van der Waals surface area contributed by atoms with E-state index in [4.69, 9.17) is 0 Å². The second-order valence-electron chi connectivity index (χ2n) is 4.88. The van der Waals surface area contributed by atoms with Gasteiger partial charge in [0, 0.05) is 12.1 Å². The molecular formula is C13H30N2. The molecule has 0 saturated carbocycles. The summed E-state index contributed by atoms with van der Waals surface area (Å²) in [4.78, 5) is 2.27. The third-order valence-electron chi connectivity index (χ3n) is 3.03. The predicted octanol–water partition coefficient (Wildman–Crippen LogP) is 2.89. The van der Waals surface area contributed by atoms with Crippen LogP contribution in [0.2, 0.25) is 0 Å². The molecule has 2 heteroatoms. The zero-order chi connectivity index (χ0) is 11.7. The van der Waals surface area contributed by atoms with E-state index in [9.17, 15) is 0 Å². The summed E-state index contributed by atoms with van der Waals surface area (Å²) in [7, 11) is 4.30. The molecule has 15 heavy (non-hydrogen) atoms. The number of unbranched alkanes of at least 4 members (excludes halogenated alkanes) is 1. The van der Waals surface area contributed by atoms with E-state index in [0.29, 0.717) is 6.04 Å². The lowest BCUT2D eigenvalue weighted by Crippen LogP contribution is -2.35. The summed E-state index contributed by atoms with van der Waals surface area (Å²) in [6, 6.07) is 1.39. The Morgan fingerprint density at radius 3 is 2.20 bits per heavy atom. The molecule has 0 bridgehead atoms. The molecular weight excluding hydrogens is 184 g/mol. The van der Waals surface area contributed by atoms with E-state index in [1.54, 1.807) is 0 Å². The van der Waals surface area contributed by atoms with Gasteiger partial charge >= 0.3 is 0 Å². The van der Waals surface area contributed by atoms with E-state index >= 15 is 0 Å². The average Bonchev–Trinajstić information content (AvgIpc) is 2.21. The van der Waals surface area contributed by atoms with Crippen LogP contribution in [0.15, 0.2) is 0 Å². The zero-order valence-electron chi connectivity index (χ0n) is 11.3. The van der Waals surface area contributed by atoms with Crippen molar-refractivity contribution in [3.05, 3.63) is 0 Å². The topological polar surface area (TPSA) is 15.3 Å². The van der Waals surface area contributed by atoms with Crippen LogP contribution < -0.4 is 5.32 Å². The largest absolute Gasteiger partial charge is 0.312 e. The minimum atomic E-state index is 0.670. The molecule has 0 aromatic carbocycles. The van der Waals surface area contributed by atoms with Crippen molar-refractivity contribution in [2.75, 3.05) is 20.6 Å². The first-order chi connectivity index (χ1) is 7.10. The first-order valence-electron chi connectivity index (χ1n) is 6.50. The summed E-state index contributed by atoms with van der Waals surface area (Å²) in [6.45, 7) is 8.03. The van der Waals surface area contributed by atoms with Crippen molar-refractivity contribution in [3.63, 3.8) is 0 Å². The molecule has 0 saturated heterocycles. The molecule has 0 aliphatic heterocycles. The second kappa shape index (κ2) is 9.17. The number of rotatable bonds is 9. The molecule has 1 N–H and O–H groups in total. The minimum Gasteiger partial charge on any atom is -0.312 e. The quantitative estimate of drug-likeness (QED) is 0.594. The highest BCUT2D eigenvalue weighted by molar-refractivity contribution is 4.69. The van der Waals surface area contributed by atoms with Crippen LogP contribution in [-0.4, -0.2) is 37.6 Å². The summed E-state index contributed by atoms with van der Waals surface area (Å²) in [5.41, 5.74) is 0. The van der Waals surface area contributed by atoms with Crippen molar-refractivity contribution in [3.8, 4) is 0 Å². The number of nitrogens with zero attached hydrogens (tertiary/aromatic N) is 1. The molecule has 2 atom stereocenters. The summed E-state index contributed by atoms with van der Waals surface area (Å²) in [6.07, 6.45) is 6.49. The van der Waals surface area contributed by atoms with Gasteiger partial charge < -0.3 is 10.2 Å². The van der Waals surface area contributed by atoms with Gasteiger partial charge in [-0.3, -0.25) is 0 Å². The number of nitrogens with one attached hydrogen (secondary N) is 1. The van der Waals surface area contributed by atoms with Crippen LogP contribution in [-0.2, 0) is 0 Å². The Morgan fingerprint density at radius 2 is 1.73 bits per heavy atom. The first-order valence-corrected chi connectivity index (χ1v) is 6.50. The fraction of sp³-hybridized carbons (Fsp3) is 1.00. The van der Waals surface area contributed by atoms with Crippen molar-refractivity contribution < 1.29 is 0 Å². The number of hydrogen-bond acceptors (Lipinski definition) is 2. The zero-order valence-corrected chi connectivity index (χ0v) is 11.3. The van der Waals surface area contributed by atoms with Crippen molar-refractivity contribution in [1.82, 2.24) is 10.2 Å². The number of hydrogen-bond donors (Lipinski definition) is 1. The van der Waals surface area contributed by atoms with Crippen molar-refractivity contribution >= 4 is 0 Å². The minimum absolute atomic E-state index is 0.670. The van der Waals surface area contributed by atoms with Gasteiger partial charge in [-0.1, -0.05) is 20.3 Å². The lowest BCUT2D eigenvalue weighted by Gasteiger charge is -2.21. The third kappa shape index (κ3) is 8.88. The highest BCUT2D eigenvalue weighted by Crippen LogP contribution is 2.06. The Kier molecular flexibility index (Phi) is 9.12. The molecule has 0 fully saturated rings. The summed E-state index contributed by atoms with van der Waals surface area (Å²) in [5, 5.41) is 3.69. The van der Waals surface area contributed by atoms with Crippen LogP contribution in [0.25, 0.3) is 0 Å². The van der Waals surface area contributed by atoms with Crippen LogP contribution >= 0.6 is 0 Å². The maximum Gasteiger partial charge on any atom is 0.00669 e. The van der Waals surface area contributed by atoms with Gasteiger partial charge in [0.1, 0.15) is 0 Å². The van der Waals surface area contributed by atoms with Gasteiger partial charge in [-0.15, -0.1) is 0 Å². The summed E-state index contributed by atoms with van der Waals surface area (Å²) in [5.74, 6) is 0. The van der Waals surface area contributed by atoms with E-state index < -0.39 is 0 Å². The molecule has 2 nitrogen and oxygen atoms in total. The molecule has 0 radical (unpaired) electrons. The normalized spacial score (nSPS) is 15.6. The van der Waals surface area contributed by atoms with Crippen molar-refractivity contribution in [2.45, 2.75) is 65.0 Å². The molecule has 0 aliphatic rings. The maximum absolute atomic E-state index is 3.69. The van der Waals surface area contributed by atoms with Crippen LogP contribution in [0.5, 0.6) is 0 Å². The maximum atomic E-state index is 3.69. The monoisotopic (exact) mass is 214 g/mol. The molecule has 0 aromatic rings. The molecule has 0 rings (SSSR count). The molecule has 0 aromatic heterocycles. The highest BCUT2D eigenvalue weighted by atomic mass is 15.0. The summed E-state index contributed by atoms with van der Waals surface area (Å²) >= 11 is 0. The van der Waals surface area contributed by atoms with E-state index in [1.165, 1.54) is 38.6 Å². The van der Waals surface area contributed by atoms with E-state index in [0.717, 1.165) is 6.04 Å². The Balaban J connectivity index is 3.52. The summed E-state index contributed by atoms with van der Waals surface area (Å²) < 4.78 is 0. The fourth-order valence-electron chi connectivity index (χ4n) is 1.74. The molecule has 0 heterocycles. The van der Waals surface area contributed by atoms with Gasteiger partial charge in [-0.2, -0.15) is 0 Å². The van der Waals surface area contributed by atoms with Gasteiger partial charge in [0.25, 0.3) is 0 Å². The van der Waals surface area contributed by atoms with Crippen molar-refractivity contribution in [2.24, 2.45) is 0 Å². The SMILES string of the molecule is CCC(C)NC(CC)CCCCN(C)C. The molecule has 0 amide bonds. The molecule has 0 spiro atoms. The van der Waals surface area contributed by atoms with Gasteiger partial charge in [0.15, 0.2) is 0 Å². The van der Waals surface area contributed by atoms with Crippen LogP contribution in [0, 0.1) is 0 Å². The van der Waals surface area contributed by atoms with E-state index in [2.05, 4.69) is 45.1 Å². The van der Waals surface area contributed by atoms with Crippen LogP contribution in [0.4, 0.5) is 0 Å². The highest BCUT2D eigenvalue weighted by Gasteiger charge is 2.08. The van der Waals surface area contributed by atoms with Gasteiger partial charge in [0.2, 0.25) is 0 Å². The first kappa shape index (κ1) is 14.9. The second-order valence-corrected chi connectivity index (χ2v) is 4.88. The Labute approximate surface area is 96.4 Å². The molecule has 2 unspecified atom stereocenters. The Hall–Kier alpha value is -0.0800.